The summed E-state index contributed by atoms with van der Waals surface area (Å²) in [7, 11) is 3.46. The van der Waals surface area contributed by atoms with E-state index in [1.165, 1.54) is 0 Å². The van der Waals surface area contributed by atoms with Gasteiger partial charge >= 0.3 is 0 Å². The minimum absolute atomic E-state index is 0.441. The summed E-state index contributed by atoms with van der Waals surface area (Å²) in [4.78, 5) is 11.1. The lowest BCUT2D eigenvalue weighted by molar-refractivity contribution is 0.205. The molecule has 0 aliphatic carbocycles. The molecule has 6 heteroatoms. The molecule has 2 aromatic rings. The number of benzene rings is 1. The molecule has 0 bridgehead atoms. The molecular weight excluding hydrogens is 266 g/mol. The normalized spacial score (nSPS) is 10.3. The number of nitriles is 1. The Morgan fingerprint density at radius 1 is 1.29 bits per heavy atom. The highest BCUT2D eigenvalue weighted by Crippen LogP contribution is 2.25. The number of methoxy groups -OCH3 is 1. The molecule has 1 aromatic carbocycles. The molecule has 0 atom stereocenters. The van der Waals surface area contributed by atoms with Crippen molar-refractivity contribution < 1.29 is 4.74 Å². The summed E-state index contributed by atoms with van der Waals surface area (Å²) in [6.07, 6.45) is 0.441. The van der Waals surface area contributed by atoms with Crippen molar-refractivity contribution in [2.24, 2.45) is 0 Å². The zero-order valence-electron chi connectivity index (χ0n) is 12.3. The van der Waals surface area contributed by atoms with Gasteiger partial charge in [-0.25, -0.2) is 4.98 Å². The van der Waals surface area contributed by atoms with Crippen molar-refractivity contribution >= 4 is 22.7 Å². The van der Waals surface area contributed by atoms with E-state index in [-0.39, 0.29) is 0 Å². The summed E-state index contributed by atoms with van der Waals surface area (Å²) in [6.45, 7) is 1.88. The fourth-order valence-electron chi connectivity index (χ4n) is 2.12. The van der Waals surface area contributed by atoms with Crippen LogP contribution in [0.1, 0.15) is 6.42 Å². The van der Waals surface area contributed by atoms with Crippen molar-refractivity contribution in [3.63, 3.8) is 0 Å². The number of aromatic nitrogens is 2. The van der Waals surface area contributed by atoms with E-state index >= 15 is 0 Å². The predicted octanol–water partition coefficient (Wildman–Crippen LogP) is 2.04. The maximum absolute atomic E-state index is 8.85. The zero-order chi connectivity index (χ0) is 15.1. The second-order valence-electron chi connectivity index (χ2n) is 4.53. The maximum Gasteiger partial charge on any atom is 0.224 e. The molecule has 0 amide bonds. The third-order valence-corrected chi connectivity index (χ3v) is 3.17. The Morgan fingerprint density at radius 2 is 2.10 bits per heavy atom. The average Bonchev–Trinajstić information content (AvgIpc) is 2.54. The van der Waals surface area contributed by atoms with Gasteiger partial charge in [-0.1, -0.05) is 12.1 Å². The number of hydrogen-bond acceptors (Lipinski definition) is 6. The molecule has 0 saturated heterocycles. The first-order chi connectivity index (χ1) is 10.3. The van der Waals surface area contributed by atoms with Crippen LogP contribution in [0, 0.1) is 11.3 Å². The standard InChI is InChI=1S/C15H19N5O/c1-17-15-18-13-7-4-3-6-12(13)14(19-15)20(9-5-8-16)10-11-21-2/h3-4,6-7H,5,9-11H2,1-2H3,(H,17,18,19). The predicted molar refractivity (Wildman–Crippen MR) is 83.4 cm³/mol. The summed E-state index contributed by atoms with van der Waals surface area (Å²) in [6, 6.07) is 10.1. The molecule has 0 fully saturated rings. The highest BCUT2D eigenvalue weighted by molar-refractivity contribution is 5.90. The largest absolute Gasteiger partial charge is 0.383 e. The second kappa shape index (κ2) is 7.41. The zero-order valence-corrected chi connectivity index (χ0v) is 12.3. The van der Waals surface area contributed by atoms with Crippen molar-refractivity contribution in [3.8, 4) is 6.07 Å². The molecule has 1 N–H and O–H groups in total. The highest BCUT2D eigenvalue weighted by atomic mass is 16.5. The first-order valence-corrected chi connectivity index (χ1v) is 6.85. The number of anilines is 2. The number of para-hydroxylation sites is 1. The average molecular weight is 285 g/mol. The van der Waals surface area contributed by atoms with Crippen LogP contribution >= 0.6 is 0 Å². The highest BCUT2D eigenvalue weighted by Gasteiger charge is 2.14. The lowest BCUT2D eigenvalue weighted by atomic mass is 10.2. The van der Waals surface area contributed by atoms with Crippen LogP contribution in [-0.4, -0.2) is 43.8 Å². The number of hydrogen-bond donors (Lipinski definition) is 1. The van der Waals surface area contributed by atoms with Crippen LogP contribution in [-0.2, 0) is 4.74 Å². The van der Waals surface area contributed by atoms with Crippen molar-refractivity contribution in [2.75, 3.05) is 44.1 Å². The smallest absolute Gasteiger partial charge is 0.224 e. The molecule has 0 aliphatic rings. The van der Waals surface area contributed by atoms with Gasteiger partial charge < -0.3 is 15.0 Å². The Balaban J connectivity index is 2.46. The summed E-state index contributed by atoms with van der Waals surface area (Å²) < 4.78 is 5.16. The molecule has 0 spiro atoms. The third-order valence-electron chi connectivity index (χ3n) is 3.17. The van der Waals surface area contributed by atoms with Crippen LogP contribution in [0.2, 0.25) is 0 Å². The molecule has 2 rings (SSSR count). The van der Waals surface area contributed by atoms with Gasteiger partial charge in [0, 0.05) is 32.6 Å². The lowest BCUT2D eigenvalue weighted by Gasteiger charge is -2.24. The second-order valence-corrected chi connectivity index (χ2v) is 4.53. The fourth-order valence-corrected chi connectivity index (χ4v) is 2.12. The molecule has 0 unspecified atom stereocenters. The number of ether oxygens (including phenoxy) is 1. The van der Waals surface area contributed by atoms with Crippen LogP contribution in [0.4, 0.5) is 11.8 Å². The third kappa shape index (κ3) is 3.58. The van der Waals surface area contributed by atoms with Crippen LogP contribution < -0.4 is 10.2 Å². The number of nitrogens with zero attached hydrogens (tertiary/aromatic N) is 4. The molecule has 6 nitrogen and oxygen atoms in total. The van der Waals surface area contributed by atoms with Gasteiger partial charge in [0.15, 0.2) is 0 Å². The van der Waals surface area contributed by atoms with Crippen molar-refractivity contribution in [1.29, 1.82) is 5.26 Å². The Labute approximate surface area is 124 Å². The molecule has 110 valence electrons. The van der Waals surface area contributed by atoms with Crippen LogP contribution in [0.15, 0.2) is 24.3 Å². The topological polar surface area (TPSA) is 74.1 Å². The molecular formula is C15H19N5O. The SMILES string of the molecule is CNc1nc(N(CCC#N)CCOC)c2ccccc2n1. The minimum atomic E-state index is 0.441. The van der Waals surface area contributed by atoms with E-state index in [0.717, 1.165) is 16.7 Å². The van der Waals surface area contributed by atoms with E-state index in [1.807, 2.05) is 24.3 Å². The monoisotopic (exact) mass is 285 g/mol. The quantitative estimate of drug-likeness (QED) is 0.839. The van der Waals surface area contributed by atoms with E-state index < -0.39 is 0 Å². The summed E-state index contributed by atoms with van der Waals surface area (Å²) in [5, 5.41) is 12.8. The van der Waals surface area contributed by atoms with Gasteiger partial charge in [-0.2, -0.15) is 10.2 Å². The maximum atomic E-state index is 8.85. The number of fused-ring (bicyclic) bond motifs is 1. The number of nitrogens with one attached hydrogen (secondary N) is 1. The fraction of sp³-hybridized carbons (Fsp3) is 0.400. The van der Waals surface area contributed by atoms with Crippen molar-refractivity contribution in [1.82, 2.24) is 9.97 Å². The Kier molecular flexibility index (Phi) is 5.29. The van der Waals surface area contributed by atoms with Crippen LogP contribution in [0.5, 0.6) is 0 Å². The minimum Gasteiger partial charge on any atom is -0.383 e. The lowest BCUT2D eigenvalue weighted by Crippen LogP contribution is -2.29. The van der Waals surface area contributed by atoms with Gasteiger partial charge in [-0.3, -0.25) is 0 Å². The summed E-state index contributed by atoms with van der Waals surface area (Å²) in [5.41, 5.74) is 0.881. The summed E-state index contributed by atoms with van der Waals surface area (Å²) in [5.74, 6) is 1.40. The van der Waals surface area contributed by atoms with Crippen LogP contribution in [0.25, 0.3) is 10.9 Å². The van der Waals surface area contributed by atoms with Gasteiger partial charge in [0.2, 0.25) is 5.95 Å². The first kappa shape index (κ1) is 15.0. The van der Waals surface area contributed by atoms with Gasteiger partial charge in [-0.15, -0.1) is 0 Å². The van der Waals surface area contributed by atoms with Gasteiger partial charge in [-0.05, 0) is 12.1 Å². The van der Waals surface area contributed by atoms with E-state index in [9.17, 15) is 0 Å². The molecule has 0 radical (unpaired) electrons. The first-order valence-electron chi connectivity index (χ1n) is 6.85. The van der Waals surface area contributed by atoms with E-state index in [2.05, 4.69) is 26.3 Å². The molecule has 0 aliphatic heterocycles. The summed E-state index contributed by atoms with van der Waals surface area (Å²) >= 11 is 0. The molecule has 0 saturated carbocycles. The van der Waals surface area contributed by atoms with Gasteiger partial charge in [0.1, 0.15) is 5.82 Å². The van der Waals surface area contributed by atoms with Gasteiger partial charge in [0.25, 0.3) is 0 Å². The Bertz CT molecular complexity index is 637. The molecule has 1 aromatic heterocycles. The van der Waals surface area contributed by atoms with E-state index in [1.54, 1.807) is 14.2 Å². The Morgan fingerprint density at radius 3 is 2.81 bits per heavy atom. The Hall–Kier alpha value is -2.39. The molecule has 21 heavy (non-hydrogen) atoms. The van der Waals surface area contributed by atoms with Gasteiger partial charge in [0.05, 0.1) is 24.6 Å². The van der Waals surface area contributed by atoms with E-state index in [4.69, 9.17) is 10.00 Å². The van der Waals surface area contributed by atoms with E-state index in [0.29, 0.717) is 32.1 Å². The molecule has 1 heterocycles. The van der Waals surface area contributed by atoms with Crippen molar-refractivity contribution in [2.45, 2.75) is 6.42 Å². The number of rotatable bonds is 7. The van der Waals surface area contributed by atoms with Crippen molar-refractivity contribution in [3.05, 3.63) is 24.3 Å². The van der Waals surface area contributed by atoms with Crippen LogP contribution in [0.3, 0.4) is 0 Å².